The summed E-state index contributed by atoms with van der Waals surface area (Å²) in [5.74, 6) is -20.0. The quantitative estimate of drug-likeness (QED) is 0.565. The molecule has 0 aliphatic carbocycles. The number of halogens is 6. The van der Waals surface area contributed by atoms with Crippen LogP contribution in [0.1, 0.15) is 32.6 Å². The van der Waals surface area contributed by atoms with Gasteiger partial charge in [-0.05, 0) is 6.42 Å². The Morgan fingerprint density at radius 1 is 1.06 bits per heavy atom. The molecule has 0 aromatic rings. The second-order valence-electron chi connectivity index (χ2n) is 3.62. The monoisotopic (exact) mass is 266 g/mol. The van der Waals surface area contributed by atoms with E-state index in [2.05, 4.69) is 0 Å². The molecule has 0 heterocycles. The summed E-state index contributed by atoms with van der Waals surface area (Å²) in [5.41, 5.74) is 0. The molecule has 0 atom stereocenters. The molecule has 0 aliphatic rings. The van der Waals surface area contributed by atoms with Crippen LogP contribution < -0.4 is 0 Å². The largest absolute Gasteiger partial charge is 0.477 e. The minimum absolute atomic E-state index is 0.171. The highest BCUT2D eigenvalue weighted by atomic mass is 19.3. The Bertz CT molecular complexity index is 277. The van der Waals surface area contributed by atoms with Crippen LogP contribution in [0.5, 0.6) is 0 Å². The molecule has 0 rings (SSSR count). The van der Waals surface area contributed by atoms with E-state index in [0.29, 0.717) is 6.42 Å². The molecule has 8 heteroatoms. The van der Waals surface area contributed by atoms with Gasteiger partial charge in [-0.3, -0.25) is 0 Å². The molecule has 0 aromatic carbocycles. The third-order valence-electron chi connectivity index (χ3n) is 2.22. The average Bonchev–Trinajstić information content (AvgIpc) is 2.17. The highest BCUT2D eigenvalue weighted by Crippen LogP contribution is 2.48. The molecule has 17 heavy (non-hydrogen) atoms. The van der Waals surface area contributed by atoms with Gasteiger partial charge in [0.25, 0.3) is 0 Å². The maximum atomic E-state index is 12.9. The Kier molecular flexibility index (Phi) is 4.85. The molecule has 0 unspecified atom stereocenters. The van der Waals surface area contributed by atoms with Crippen LogP contribution in [0.3, 0.4) is 0 Å². The third kappa shape index (κ3) is 3.04. The summed E-state index contributed by atoms with van der Waals surface area (Å²) >= 11 is 0. The van der Waals surface area contributed by atoms with E-state index in [9.17, 15) is 31.1 Å². The molecule has 0 amide bonds. The van der Waals surface area contributed by atoms with Crippen LogP contribution in [-0.4, -0.2) is 28.8 Å². The van der Waals surface area contributed by atoms with Gasteiger partial charge in [-0.15, -0.1) is 0 Å². The van der Waals surface area contributed by atoms with Crippen molar-refractivity contribution in [1.82, 2.24) is 0 Å². The number of unbranched alkanes of at least 4 members (excludes halogenated alkanes) is 2. The molecule has 102 valence electrons. The lowest BCUT2D eigenvalue weighted by molar-refractivity contribution is -0.305. The second-order valence-corrected chi connectivity index (χ2v) is 3.62. The van der Waals surface area contributed by atoms with Crippen molar-refractivity contribution in [2.24, 2.45) is 0 Å². The first-order chi connectivity index (χ1) is 7.50. The van der Waals surface area contributed by atoms with E-state index in [1.54, 1.807) is 6.92 Å². The van der Waals surface area contributed by atoms with Gasteiger partial charge in [0.15, 0.2) is 0 Å². The summed E-state index contributed by atoms with van der Waals surface area (Å²) in [6.45, 7) is 1.61. The van der Waals surface area contributed by atoms with Crippen molar-refractivity contribution in [2.75, 3.05) is 0 Å². The molecular weight excluding hydrogens is 254 g/mol. The van der Waals surface area contributed by atoms with Crippen LogP contribution in [0.25, 0.3) is 0 Å². The van der Waals surface area contributed by atoms with Crippen molar-refractivity contribution in [3.8, 4) is 0 Å². The van der Waals surface area contributed by atoms with E-state index in [4.69, 9.17) is 5.11 Å². The van der Waals surface area contributed by atoms with E-state index in [1.807, 2.05) is 0 Å². The fourth-order valence-electron chi connectivity index (χ4n) is 1.12. The van der Waals surface area contributed by atoms with Crippen LogP contribution in [0.4, 0.5) is 26.3 Å². The number of hydrogen-bond donors (Lipinski definition) is 1. The van der Waals surface area contributed by atoms with Gasteiger partial charge in [0.2, 0.25) is 0 Å². The number of carboxylic acids is 1. The SMILES string of the molecule is CCCCCC(F)(F)C(F)(F)C(F)(F)C(=O)O. The van der Waals surface area contributed by atoms with E-state index >= 15 is 0 Å². The Balaban J connectivity index is 4.95. The Hall–Kier alpha value is -0.950. The summed E-state index contributed by atoms with van der Waals surface area (Å²) in [6.07, 6.45) is -1.24. The molecule has 0 aliphatic heterocycles. The molecule has 0 fully saturated rings. The summed E-state index contributed by atoms with van der Waals surface area (Å²) in [7, 11) is 0. The highest BCUT2D eigenvalue weighted by molar-refractivity contribution is 5.77. The zero-order valence-electron chi connectivity index (χ0n) is 8.95. The van der Waals surface area contributed by atoms with E-state index in [1.165, 1.54) is 0 Å². The molecule has 0 aromatic heterocycles. The maximum absolute atomic E-state index is 12.9. The van der Waals surface area contributed by atoms with Gasteiger partial charge in [-0.25, -0.2) is 4.79 Å². The Labute approximate surface area is 93.6 Å². The zero-order chi connectivity index (χ0) is 13.9. The summed E-state index contributed by atoms with van der Waals surface area (Å²) in [6, 6.07) is 0. The summed E-state index contributed by atoms with van der Waals surface area (Å²) < 4.78 is 76.3. The lowest BCUT2D eigenvalue weighted by atomic mass is 9.99. The average molecular weight is 266 g/mol. The van der Waals surface area contributed by atoms with E-state index < -0.39 is 30.2 Å². The van der Waals surface area contributed by atoms with Gasteiger partial charge < -0.3 is 5.11 Å². The van der Waals surface area contributed by atoms with Crippen LogP contribution in [0.2, 0.25) is 0 Å². The van der Waals surface area contributed by atoms with Crippen LogP contribution in [-0.2, 0) is 4.79 Å². The van der Waals surface area contributed by atoms with Crippen LogP contribution in [0, 0.1) is 0 Å². The van der Waals surface area contributed by atoms with Gasteiger partial charge in [0.05, 0.1) is 0 Å². The lowest BCUT2D eigenvalue weighted by Gasteiger charge is -2.30. The first-order valence-electron chi connectivity index (χ1n) is 4.87. The molecule has 0 bridgehead atoms. The van der Waals surface area contributed by atoms with Gasteiger partial charge in [-0.2, -0.15) is 26.3 Å². The van der Waals surface area contributed by atoms with Crippen molar-refractivity contribution in [2.45, 2.75) is 50.4 Å². The smallest absolute Gasteiger partial charge is 0.410 e. The zero-order valence-corrected chi connectivity index (χ0v) is 8.95. The fourth-order valence-corrected chi connectivity index (χ4v) is 1.12. The van der Waals surface area contributed by atoms with Gasteiger partial charge >= 0.3 is 23.7 Å². The van der Waals surface area contributed by atoms with Crippen molar-refractivity contribution in [3.63, 3.8) is 0 Å². The number of carbonyl (C=O) groups is 1. The molecular formula is C9H12F6O2. The van der Waals surface area contributed by atoms with E-state index in [-0.39, 0.29) is 12.8 Å². The lowest BCUT2D eigenvalue weighted by Crippen LogP contribution is -2.57. The minimum Gasteiger partial charge on any atom is -0.477 e. The predicted octanol–water partition coefficient (Wildman–Crippen LogP) is 3.56. The van der Waals surface area contributed by atoms with Gasteiger partial charge in [0, 0.05) is 6.42 Å². The van der Waals surface area contributed by atoms with Crippen LogP contribution in [0.15, 0.2) is 0 Å². The van der Waals surface area contributed by atoms with Crippen molar-refractivity contribution >= 4 is 5.97 Å². The van der Waals surface area contributed by atoms with Crippen molar-refractivity contribution in [3.05, 3.63) is 0 Å². The van der Waals surface area contributed by atoms with E-state index in [0.717, 1.165) is 0 Å². The summed E-state index contributed by atoms with van der Waals surface area (Å²) in [4.78, 5) is 9.88. The van der Waals surface area contributed by atoms with Crippen molar-refractivity contribution < 1.29 is 36.2 Å². The Morgan fingerprint density at radius 2 is 1.53 bits per heavy atom. The summed E-state index contributed by atoms with van der Waals surface area (Å²) in [5, 5.41) is 7.85. The second kappa shape index (κ2) is 5.14. The normalized spacial score (nSPS) is 13.8. The molecule has 1 N–H and O–H groups in total. The third-order valence-corrected chi connectivity index (χ3v) is 2.22. The standard InChI is InChI=1S/C9H12F6O2/c1-2-3-4-5-7(10,11)9(14,15)8(12,13)6(16)17/h2-5H2,1H3,(H,16,17). The Morgan fingerprint density at radius 3 is 1.88 bits per heavy atom. The number of rotatable bonds is 7. The topological polar surface area (TPSA) is 37.3 Å². The molecule has 0 saturated heterocycles. The first-order valence-corrected chi connectivity index (χ1v) is 4.87. The molecule has 0 saturated carbocycles. The van der Waals surface area contributed by atoms with Crippen molar-refractivity contribution in [1.29, 1.82) is 0 Å². The highest BCUT2D eigenvalue weighted by Gasteiger charge is 2.74. The number of hydrogen-bond acceptors (Lipinski definition) is 1. The number of aliphatic carboxylic acids is 1. The molecule has 0 radical (unpaired) electrons. The van der Waals surface area contributed by atoms with Gasteiger partial charge in [-0.1, -0.05) is 19.8 Å². The number of alkyl halides is 6. The maximum Gasteiger partial charge on any atom is 0.410 e. The number of carboxylic acid groups (broad SMARTS) is 1. The van der Waals surface area contributed by atoms with Gasteiger partial charge in [0.1, 0.15) is 0 Å². The molecule has 2 nitrogen and oxygen atoms in total. The first kappa shape index (κ1) is 16.1. The molecule has 0 spiro atoms. The fraction of sp³-hybridized carbons (Fsp3) is 0.889. The minimum atomic E-state index is -5.90. The predicted molar refractivity (Wildman–Crippen MR) is 46.6 cm³/mol. The van der Waals surface area contributed by atoms with Crippen LogP contribution >= 0.6 is 0 Å².